The van der Waals surface area contributed by atoms with E-state index in [1.54, 1.807) is 22.2 Å². The van der Waals surface area contributed by atoms with Gasteiger partial charge in [0.05, 0.1) is 18.1 Å². The molecule has 1 aliphatic heterocycles. The molecule has 0 bridgehead atoms. The van der Waals surface area contributed by atoms with Gasteiger partial charge in [-0.15, -0.1) is 0 Å². The molecule has 0 radical (unpaired) electrons. The van der Waals surface area contributed by atoms with E-state index in [1.807, 2.05) is 14.1 Å². The third-order valence-corrected chi connectivity index (χ3v) is 4.03. The Morgan fingerprint density at radius 3 is 2.52 bits per heavy atom. The van der Waals surface area contributed by atoms with Gasteiger partial charge in [0.25, 0.3) is 0 Å². The maximum absolute atomic E-state index is 12.4. The minimum absolute atomic E-state index is 0.0423. The average Bonchev–Trinajstić information content (AvgIpc) is 3.19. The first-order chi connectivity index (χ1) is 11.0. The van der Waals surface area contributed by atoms with Gasteiger partial charge in [-0.3, -0.25) is 4.79 Å². The Kier molecular flexibility index (Phi) is 4.31. The Morgan fingerprint density at radius 1 is 1.22 bits per heavy atom. The smallest absolute Gasteiger partial charge is 0.322 e. The number of amides is 3. The van der Waals surface area contributed by atoms with Gasteiger partial charge in [-0.05, 0) is 25.7 Å². The molecule has 2 fully saturated rings. The van der Waals surface area contributed by atoms with Crippen LogP contribution < -0.4 is 15.5 Å². The molecule has 1 aromatic heterocycles. The molecule has 2 aliphatic rings. The van der Waals surface area contributed by atoms with Crippen molar-refractivity contribution in [2.75, 3.05) is 30.9 Å². The summed E-state index contributed by atoms with van der Waals surface area (Å²) in [5.41, 5.74) is 0.522. The highest BCUT2D eigenvalue weighted by molar-refractivity contribution is 5.94. The summed E-state index contributed by atoms with van der Waals surface area (Å²) in [6, 6.07) is -0.350. The standard InChI is InChI=1S/C15H22N6O2/c1-20(2)14-16-8-11(9-17-14)19-15(23)21-7-3-4-12(21)13(22)18-10-5-6-10/h8-10,12H,3-7H2,1-2H3,(H,18,22)(H,19,23)/t12-/m0/s1. The summed E-state index contributed by atoms with van der Waals surface area (Å²) in [5, 5.41) is 5.74. The molecule has 1 atom stereocenters. The predicted octanol–water partition coefficient (Wildman–Crippen LogP) is 0.817. The summed E-state index contributed by atoms with van der Waals surface area (Å²) in [6.45, 7) is 0.589. The highest BCUT2D eigenvalue weighted by atomic mass is 16.2. The second-order valence-corrected chi connectivity index (χ2v) is 6.23. The van der Waals surface area contributed by atoms with Crippen molar-refractivity contribution in [2.24, 2.45) is 0 Å². The van der Waals surface area contributed by atoms with Gasteiger partial charge in [0.2, 0.25) is 11.9 Å². The lowest BCUT2D eigenvalue weighted by atomic mass is 10.2. The van der Waals surface area contributed by atoms with E-state index in [0.29, 0.717) is 30.6 Å². The molecule has 2 N–H and O–H groups in total. The van der Waals surface area contributed by atoms with Gasteiger partial charge in [0, 0.05) is 26.7 Å². The van der Waals surface area contributed by atoms with Crippen LogP contribution in [0.5, 0.6) is 0 Å². The first kappa shape index (κ1) is 15.5. The van der Waals surface area contributed by atoms with Crippen molar-refractivity contribution in [3.05, 3.63) is 12.4 Å². The van der Waals surface area contributed by atoms with Crippen LogP contribution >= 0.6 is 0 Å². The zero-order chi connectivity index (χ0) is 16.4. The number of hydrogen-bond donors (Lipinski definition) is 2. The van der Waals surface area contributed by atoms with E-state index in [4.69, 9.17) is 0 Å². The van der Waals surface area contributed by atoms with Crippen LogP contribution in [0.4, 0.5) is 16.4 Å². The summed E-state index contributed by atoms with van der Waals surface area (Å²) < 4.78 is 0. The lowest BCUT2D eigenvalue weighted by Crippen LogP contribution is -2.48. The van der Waals surface area contributed by atoms with Gasteiger partial charge in [-0.25, -0.2) is 14.8 Å². The van der Waals surface area contributed by atoms with Gasteiger partial charge in [0.1, 0.15) is 6.04 Å². The van der Waals surface area contributed by atoms with Crippen LogP contribution in [-0.2, 0) is 4.79 Å². The lowest BCUT2D eigenvalue weighted by molar-refractivity contribution is -0.124. The number of anilines is 2. The van der Waals surface area contributed by atoms with Gasteiger partial charge in [-0.2, -0.15) is 0 Å². The van der Waals surface area contributed by atoms with Crippen LogP contribution in [0.15, 0.2) is 12.4 Å². The second kappa shape index (κ2) is 6.39. The molecule has 8 nitrogen and oxygen atoms in total. The average molecular weight is 318 g/mol. The monoisotopic (exact) mass is 318 g/mol. The Labute approximate surface area is 135 Å². The fourth-order valence-electron chi connectivity index (χ4n) is 2.62. The molecule has 8 heteroatoms. The van der Waals surface area contributed by atoms with E-state index in [9.17, 15) is 9.59 Å². The molecule has 0 unspecified atom stereocenters. The van der Waals surface area contributed by atoms with Crippen molar-refractivity contribution in [1.29, 1.82) is 0 Å². The third kappa shape index (κ3) is 3.69. The number of hydrogen-bond acceptors (Lipinski definition) is 5. The Hall–Kier alpha value is -2.38. The molecule has 124 valence electrons. The molecule has 23 heavy (non-hydrogen) atoms. The quantitative estimate of drug-likeness (QED) is 0.857. The Balaban J connectivity index is 1.60. The van der Waals surface area contributed by atoms with E-state index in [0.717, 1.165) is 19.3 Å². The van der Waals surface area contributed by atoms with E-state index >= 15 is 0 Å². The second-order valence-electron chi connectivity index (χ2n) is 6.23. The minimum atomic E-state index is -0.377. The topological polar surface area (TPSA) is 90.5 Å². The van der Waals surface area contributed by atoms with Crippen molar-refractivity contribution < 1.29 is 9.59 Å². The first-order valence-corrected chi connectivity index (χ1v) is 7.92. The maximum Gasteiger partial charge on any atom is 0.322 e. The van der Waals surface area contributed by atoms with Crippen molar-refractivity contribution in [3.8, 4) is 0 Å². The van der Waals surface area contributed by atoms with Crippen molar-refractivity contribution in [2.45, 2.75) is 37.8 Å². The summed E-state index contributed by atoms with van der Waals surface area (Å²) >= 11 is 0. The van der Waals surface area contributed by atoms with Crippen LogP contribution in [0.2, 0.25) is 0 Å². The van der Waals surface area contributed by atoms with Gasteiger partial charge in [-0.1, -0.05) is 0 Å². The largest absolute Gasteiger partial charge is 0.352 e. The summed E-state index contributed by atoms with van der Waals surface area (Å²) in [6.07, 6.45) is 6.76. The molecule has 3 rings (SSSR count). The van der Waals surface area contributed by atoms with Crippen LogP contribution in [0.1, 0.15) is 25.7 Å². The Bertz CT molecular complexity index is 584. The number of nitrogens with one attached hydrogen (secondary N) is 2. The lowest BCUT2D eigenvalue weighted by Gasteiger charge is -2.24. The van der Waals surface area contributed by atoms with Gasteiger partial charge < -0.3 is 20.4 Å². The molecule has 0 aromatic carbocycles. The molecule has 1 aromatic rings. The fourth-order valence-corrected chi connectivity index (χ4v) is 2.62. The molecule has 3 amide bonds. The van der Waals surface area contributed by atoms with E-state index < -0.39 is 0 Å². The number of nitrogens with zero attached hydrogens (tertiary/aromatic N) is 4. The Morgan fingerprint density at radius 2 is 1.91 bits per heavy atom. The van der Waals surface area contributed by atoms with E-state index in [1.165, 1.54) is 0 Å². The van der Waals surface area contributed by atoms with Crippen molar-refractivity contribution >= 4 is 23.6 Å². The van der Waals surface area contributed by atoms with Crippen LogP contribution in [0, 0.1) is 0 Å². The zero-order valence-corrected chi connectivity index (χ0v) is 13.5. The first-order valence-electron chi connectivity index (χ1n) is 7.92. The normalized spacial score (nSPS) is 20.3. The molecular formula is C15H22N6O2. The van der Waals surface area contributed by atoms with Crippen LogP contribution in [0.25, 0.3) is 0 Å². The molecule has 2 heterocycles. The number of rotatable bonds is 4. The van der Waals surface area contributed by atoms with Gasteiger partial charge >= 0.3 is 6.03 Å². The number of urea groups is 1. The maximum atomic E-state index is 12.4. The summed E-state index contributed by atoms with van der Waals surface area (Å²) in [7, 11) is 3.70. The molecule has 0 spiro atoms. The summed E-state index contributed by atoms with van der Waals surface area (Å²) in [4.78, 5) is 36.3. The van der Waals surface area contributed by atoms with Crippen molar-refractivity contribution in [1.82, 2.24) is 20.2 Å². The van der Waals surface area contributed by atoms with E-state index in [2.05, 4.69) is 20.6 Å². The van der Waals surface area contributed by atoms with Crippen molar-refractivity contribution in [3.63, 3.8) is 0 Å². The number of carbonyl (C=O) groups excluding carboxylic acids is 2. The predicted molar refractivity (Wildman–Crippen MR) is 86.3 cm³/mol. The fraction of sp³-hybridized carbons (Fsp3) is 0.600. The van der Waals surface area contributed by atoms with E-state index in [-0.39, 0.29) is 18.0 Å². The molecule has 1 saturated carbocycles. The zero-order valence-electron chi connectivity index (χ0n) is 13.5. The minimum Gasteiger partial charge on any atom is -0.352 e. The highest BCUT2D eigenvalue weighted by Crippen LogP contribution is 2.23. The number of likely N-dealkylation sites (tertiary alicyclic amines) is 1. The summed E-state index contributed by atoms with van der Waals surface area (Å²) in [5.74, 6) is 0.533. The molecular weight excluding hydrogens is 296 g/mol. The number of carbonyl (C=O) groups is 2. The highest BCUT2D eigenvalue weighted by Gasteiger charge is 2.36. The number of aromatic nitrogens is 2. The SMILES string of the molecule is CN(C)c1ncc(NC(=O)N2CCC[C@H]2C(=O)NC2CC2)cn1. The van der Waals surface area contributed by atoms with Gasteiger partial charge in [0.15, 0.2) is 0 Å². The third-order valence-electron chi connectivity index (χ3n) is 4.03. The van der Waals surface area contributed by atoms with Crippen LogP contribution in [0.3, 0.4) is 0 Å². The van der Waals surface area contributed by atoms with Crippen LogP contribution in [-0.4, -0.2) is 59.5 Å². The molecule has 1 aliphatic carbocycles. The molecule has 1 saturated heterocycles.